The number of benzene rings is 1. The van der Waals surface area contributed by atoms with Crippen molar-refractivity contribution in [3.63, 3.8) is 0 Å². The Morgan fingerprint density at radius 3 is 2.23 bits per heavy atom. The third kappa shape index (κ3) is 6.49. The molecule has 2 aromatic rings. The third-order valence-electron chi connectivity index (χ3n) is 6.53. The lowest BCUT2D eigenvalue weighted by molar-refractivity contribution is -0.122. The van der Waals surface area contributed by atoms with Crippen molar-refractivity contribution in [3.05, 3.63) is 47.1 Å². The van der Waals surface area contributed by atoms with E-state index in [4.69, 9.17) is 16.3 Å². The van der Waals surface area contributed by atoms with Gasteiger partial charge in [-0.3, -0.25) is 9.69 Å². The van der Waals surface area contributed by atoms with Gasteiger partial charge in [0.25, 0.3) is 0 Å². The molecule has 0 radical (unpaired) electrons. The van der Waals surface area contributed by atoms with E-state index >= 15 is 0 Å². The van der Waals surface area contributed by atoms with E-state index < -0.39 is 5.60 Å². The van der Waals surface area contributed by atoms with Crippen LogP contribution in [-0.2, 0) is 9.53 Å². The van der Waals surface area contributed by atoms with E-state index in [9.17, 15) is 9.59 Å². The Morgan fingerprint density at radius 1 is 1.00 bits per heavy atom. The van der Waals surface area contributed by atoms with Crippen molar-refractivity contribution in [2.45, 2.75) is 58.0 Å². The van der Waals surface area contributed by atoms with Gasteiger partial charge in [-0.1, -0.05) is 23.7 Å². The summed E-state index contributed by atoms with van der Waals surface area (Å²) in [6, 6.07) is 11.5. The van der Waals surface area contributed by atoms with E-state index in [0.717, 1.165) is 44.5 Å². The van der Waals surface area contributed by atoms with Crippen molar-refractivity contribution in [2.24, 2.45) is 5.92 Å². The summed E-state index contributed by atoms with van der Waals surface area (Å²) >= 11 is 5.94. The molecule has 2 aliphatic rings. The highest BCUT2D eigenvalue weighted by atomic mass is 35.5. The fraction of sp³-hybridized carbons (Fsp3) is 0.538. The zero-order valence-electron chi connectivity index (χ0n) is 20.7. The molecular weight excluding hydrogens is 466 g/mol. The first-order chi connectivity index (χ1) is 16.7. The van der Waals surface area contributed by atoms with Gasteiger partial charge in [-0.25, -0.2) is 4.79 Å². The van der Waals surface area contributed by atoms with Crippen molar-refractivity contribution in [1.82, 2.24) is 20.4 Å². The highest BCUT2D eigenvalue weighted by molar-refractivity contribution is 6.29. The highest BCUT2D eigenvalue weighted by Gasteiger charge is 2.30. The number of nitrogens with one attached hydrogen (secondary N) is 1. The summed E-state index contributed by atoms with van der Waals surface area (Å²) in [7, 11) is 0. The van der Waals surface area contributed by atoms with Gasteiger partial charge >= 0.3 is 6.09 Å². The number of rotatable bonds is 4. The van der Waals surface area contributed by atoms with Crippen LogP contribution in [0.5, 0.6) is 0 Å². The number of piperidine rings is 2. The number of nitrogens with zero attached hydrogens (tertiary/aromatic N) is 4. The Balaban J connectivity index is 1.47. The Labute approximate surface area is 212 Å². The van der Waals surface area contributed by atoms with Crippen molar-refractivity contribution in [3.8, 4) is 0 Å². The van der Waals surface area contributed by atoms with Gasteiger partial charge in [0, 0.05) is 19.0 Å². The molecule has 1 aromatic carbocycles. The lowest BCUT2D eigenvalue weighted by Crippen LogP contribution is -2.41. The molecule has 1 N–H and O–H groups in total. The topological polar surface area (TPSA) is 87.7 Å². The number of hydrogen-bond acceptors (Lipinski definition) is 6. The molecule has 8 nitrogen and oxygen atoms in total. The number of halogens is 1. The lowest BCUT2D eigenvalue weighted by atomic mass is 9.89. The molecule has 0 saturated carbocycles. The van der Waals surface area contributed by atoms with Crippen molar-refractivity contribution in [2.75, 3.05) is 31.1 Å². The highest BCUT2D eigenvalue weighted by Crippen LogP contribution is 2.33. The molecule has 2 fully saturated rings. The molecule has 0 bridgehead atoms. The minimum Gasteiger partial charge on any atom is -0.444 e. The second-order valence-electron chi connectivity index (χ2n) is 10.2. The summed E-state index contributed by atoms with van der Waals surface area (Å²) in [6.07, 6.45) is 3.09. The monoisotopic (exact) mass is 499 g/mol. The molecule has 188 valence electrons. The molecule has 0 atom stereocenters. The molecule has 4 rings (SSSR count). The smallest absolute Gasteiger partial charge is 0.410 e. The van der Waals surface area contributed by atoms with Gasteiger partial charge in [0.15, 0.2) is 11.0 Å². The fourth-order valence-electron chi connectivity index (χ4n) is 4.67. The number of ether oxygens (including phenoxy) is 1. The van der Waals surface area contributed by atoms with E-state index in [0.29, 0.717) is 24.8 Å². The number of carbonyl (C=O) groups excluding carboxylic acids is 2. The summed E-state index contributed by atoms with van der Waals surface area (Å²) in [5.41, 5.74) is 1.48. The minimum absolute atomic E-state index is 0.0292. The minimum atomic E-state index is -0.490. The summed E-state index contributed by atoms with van der Waals surface area (Å²) < 4.78 is 5.51. The van der Waals surface area contributed by atoms with Crippen molar-refractivity contribution >= 4 is 35.1 Å². The van der Waals surface area contributed by atoms with Crippen LogP contribution < -0.4 is 10.2 Å². The zero-order chi connectivity index (χ0) is 25.0. The Bertz CT molecular complexity index is 1010. The Morgan fingerprint density at radius 2 is 1.66 bits per heavy atom. The first-order valence-corrected chi connectivity index (χ1v) is 12.7. The van der Waals surface area contributed by atoms with Crippen molar-refractivity contribution in [1.29, 1.82) is 0 Å². The molecule has 1 aromatic heterocycles. The molecule has 2 saturated heterocycles. The Kier molecular flexibility index (Phi) is 7.91. The SMILES string of the molecule is CC(C)(C)OC(=O)N1CCC(c2ccc(N(C(=O)C3CCNCC3)c3ccc(Cl)nn3)cc2)CC1. The van der Waals surface area contributed by atoms with Crippen molar-refractivity contribution < 1.29 is 14.3 Å². The molecule has 0 aliphatic carbocycles. The van der Waals surface area contributed by atoms with E-state index in [1.54, 1.807) is 21.9 Å². The van der Waals surface area contributed by atoms with Crippen LogP contribution in [-0.4, -0.2) is 58.9 Å². The number of carbonyl (C=O) groups is 2. The number of amides is 2. The summed E-state index contributed by atoms with van der Waals surface area (Å²) in [6.45, 7) is 8.65. The normalized spacial score (nSPS) is 17.8. The van der Waals surface area contributed by atoms with Crippen LogP contribution in [0, 0.1) is 5.92 Å². The largest absolute Gasteiger partial charge is 0.444 e. The number of likely N-dealkylation sites (tertiary alicyclic amines) is 1. The molecule has 9 heteroatoms. The van der Waals surface area contributed by atoms with Crippen LogP contribution in [0.4, 0.5) is 16.3 Å². The van der Waals surface area contributed by atoms with Gasteiger partial charge in [-0.05, 0) is 95.3 Å². The maximum atomic E-state index is 13.5. The second kappa shape index (κ2) is 10.9. The van der Waals surface area contributed by atoms with Crippen LogP contribution in [0.3, 0.4) is 0 Å². The average molecular weight is 500 g/mol. The average Bonchev–Trinajstić information content (AvgIpc) is 2.85. The standard InChI is InChI=1S/C26H34ClN5O3/c1-26(2,3)35-25(34)31-16-12-19(13-17-31)18-4-6-21(7-5-18)32(23-9-8-22(27)29-30-23)24(33)20-10-14-28-15-11-20/h4-9,19-20,28H,10-17H2,1-3H3. The molecule has 0 spiro atoms. The summed E-state index contributed by atoms with van der Waals surface area (Å²) in [4.78, 5) is 29.3. The summed E-state index contributed by atoms with van der Waals surface area (Å²) in [5.74, 6) is 0.787. The summed E-state index contributed by atoms with van der Waals surface area (Å²) in [5, 5.41) is 11.7. The van der Waals surface area contributed by atoms with Gasteiger partial charge in [-0.2, -0.15) is 0 Å². The third-order valence-corrected chi connectivity index (χ3v) is 6.73. The Hall–Kier alpha value is -2.71. The fourth-order valence-corrected chi connectivity index (χ4v) is 4.77. The van der Waals surface area contributed by atoms with Gasteiger partial charge < -0.3 is 15.0 Å². The predicted molar refractivity (Wildman–Crippen MR) is 136 cm³/mol. The maximum Gasteiger partial charge on any atom is 0.410 e. The molecule has 0 unspecified atom stereocenters. The molecule has 2 aliphatic heterocycles. The second-order valence-corrected chi connectivity index (χ2v) is 10.6. The van der Waals surface area contributed by atoms with E-state index in [2.05, 4.69) is 27.6 Å². The molecule has 35 heavy (non-hydrogen) atoms. The first kappa shape index (κ1) is 25.4. The first-order valence-electron chi connectivity index (χ1n) is 12.3. The number of aromatic nitrogens is 2. The van der Waals surface area contributed by atoms with Gasteiger partial charge in [0.2, 0.25) is 5.91 Å². The predicted octanol–water partition coefficient (Wildman–Crippen LogP) is 4.91. The molecule has 3 heterocycles. The zero-order valence-corrected chi connectivity index (χ0v) is 21.4. The van der Waals surface area contributed by atoms with Gasteiger partial charge in [-0.15, -0.1) is 10.2 Å². The van der Waals surface area contributed by atoms with Gasteiger partial charge in [0.05, 0.1) is 5.69 Å². The van der Waals surface area contributed by atoms with Gasteiger partial charge in [0.1, 0.15) is 5.60 Å². The number of hydrogen-bond donors (Lipinski definition) is 1. The van der Waals surface area contributed by atoms with E-state index in [-0.39, 0.29) is 23.1 Å². The maximum absolute atomic E-state index is 13.5. The molecular formula is C26H34ClN5O3. The molecule has 2 amide bonds. The van der Waals surface area contributed by atoms with Crippen LogP contribution in [0.2, 0.25) is 5.15 Å². The van der Waals surface area contributed by atoms with E-state index in [1.165, 1.54) is 5.56 Å². The quantitative estimate of drug-likeness (QED) is 0.643. The van der Waals surface area contributed by atoms with Crippen LogP contribution >= 0.6 is 11.6 Å². The lowest BCUT2D eigenvalue weighted by Gasteiger charge is -2.34. The van der Waals surface area contributed by atoms with Crippen LogP contribution in [0.15, 0.2) is 36.4 Å². The van der Waals surface area contributed by atoms with Crippen LogP contribution in [0.1, 0.15) is 57.9 Å². The van der Waals surface area contributed by atoms with Crippen LogP contribution in [0.25, 0.3) is 0 Å². The van der Waals surface area contributed by atoms with E-state index in [1.807, 2.05) is 32.9 Å². The number of anilines is 2.